The van der Waals surface area contributed by atoms with Gasteiger partial charge in [0.15, 0.2) is 0 Å². The summed E-state index contributed by atoms with van der Waals surface area (Å²) >= 11 is 0. The number of hydrogen-bond donors (Lipinski definition) is 2. The van der Waals surface area contributed by atoms with Crippen molar-refractivity contribution < 1.29 is 9.59 Å². The zero-order valence-electron chi connectivity index (χ0n) is 14.2. The van der Waals surface area contributed by atoms with E-state index in [-0.39, 0.29) is 23.9 Å². The number of carbonyl (C=O) groups excluding carboxylic acids is 2. The first-order valence-electron chi connectivity index (χ1n) is 7.93. The van der Waals surface area contributed by atoms with Gasteiger partial charge in [-0.25, -0.2) is 9.97 Å². The van der Waals surface area contributed by atoms with E-state index in [1.165, 1.54) is 6.33 Å². The van der Waals surface area contributed by atoms with Crippen molar-refractivity contribution in [3.05, 3.63) is 23.3 Å². The summed E-state index contributed by atoms with van der Waals surface area (Å²) in [4.78, 5) is 34.3. The predicted molar refractivity (Wildman–Crippen MR) is 87.1 cm³/mol. The zero-order valence-corrected chi connectivity index (χ0v) is 14.2. The average molecular weight is 319 g/mol. The molecule has 23 heavy (non-hydrogen) atoms. The van der Waals surface area contributed by atoms with Gasteiger partial charge in [-0.1, -0.05) is 0 Å². The Kier molecular flexibility index (Phi) is 5.65. The molecule has 2 N–H and O–H groups in total. The Balaban J connectivity index is 1.91. The van der Waals surface area contributed by atoms with Crippen molar-refractivity contribution >= 4 is 11.8 Å². The minimum absolute atomic E-state index is 0.0548. The summed E-state index contributed by atoms with van der Waals surface area (Å²) in [6.07, 6.45) is 3.91. The molecule has 2 atom stereocenters. The maximum absolute atomic E-state index is 12.4. The van der Waals surface area contributed by atoms with Crippen molar-refractivity contribution in [3.63, 3.8) is 0 Å². The maximum Gasteiger partial charge on any atom is 0.255 e. The molecule has 0 saturated carbocycles. The molecule has 7 heteroatoms. The van der Waals surface area contributed by atoms with Crippen molar-refractivity contribution in [1.82, 2.24) is 25.5 Å². The number of carbonyl (C=O) groups is 2. The topological polar surface area (TPSA) is 87.2 Å². The van der Waals surface area contributed by atoms with E-state index in [4.69, 9.17) is 0 Å². The molecule has 0 aromatic carbocycles. The van der Waals surface area contributed by atoms with Gasteiger partial charge >= 0.3 is 0 Å². The molecule has 1 aliphatic rings. The Morgan fingerprint density at radius 2 is 1.83 bits per heavy atom. The number of aryl methyl sites for hydroxylation is 2. The zero-order chi connectivity index (χ0) is 17.0. The third-order valence-corrected chi connectivity index (χ3v) is 4.64. The fourth-order valence-corrected chi connectivity index (χ4v) is 3.12. The van der Waals surface area contributed by atoms with Crippen LogP contribution in [0.3, 0.4) is 0 Å². The van der Waals surface area contributed by atoms with Crippen molar-refractivity contribution in [1.29, 1.82) is 0 Å². The molecule has 1 aromatic heterocycles. The van der Waals surface area contributed by atoms with Crippen LogP contribution in [0.25, 0.3) is 0 Å². The van der Waals surface area contributed by atoms with Crippen LogP contribution in [0.4, 0.5) is 0 Å². The van der Waals surface area contributed by atoms with Gasteiger partial charge in [-0.05, 0) is 33.7 Å². The van der Waals surface area contributed by atoms with E-state index in [1.54, 1.807) is 7.05 Å². The number of likely N-dealkylation sites (N-methyl/N-ethyl adjacent to an activating group) is 1. The van der Waals surface area contributed by atoms with E-state index in [0.717, 1.165) is 12.8 Å². The first-order valence-corrected chi connectivity index (χ1v) is 7.93. The third-order valence-electron chi connectivity index (χ3n) is 4.64. The lowest BCUT2D eigenvalue weighted by Crippen LogP contribution is -2.42. The van der Waals surface area contributed by atoms with Gasteiger partial charge in [0.25, 0.3) is 5.91 Å². The molecule has 2 rings (SSSR count). The fraction of sp³-hybridized carbons (Fsp3) is 0.625. The minimum Gasteiger partial charge on any atom is -0.359 e. The van der Waals surface area contributed by atoms with Crippen LogP contribution >= 0.6 is 0 Å². The molecule has 1 aliphatic heterocycles. The van der Waals surface area contributed by atoms with E-state index in [1.807, 2.05) is 20.9 Å². The highest BCUT2D eigenvalue weighted by Gasteiger charge is 2.31. The van der Waals surface area contributed by atoms with Crippen LogP contribution in [0.1, 0.15) is 41.0 Å². The summed E-state index contributed by atoms with van der Waals surface area (Å²) in [7, 11) is 3.67. The third kappa shape index (κ3) is 4.04. The van der Waals surface area contributed by atoms with Gasteiger partial charge in [-0.3, -0.25) is 14.5 Å². The van der Waals surface area contributed by atoms with E-state index >= 15 is 0 Å². The molecule has 1 saturated heterocycles. The van der Waals surface area contributed by atoms with E-state index in [9.17, 15) is 9.59 Å². The van der Waals surface area contributed by atoms with Gasteiger partial charge in [0.2, 0.25) is 5.91 Å². The highest BCUT2D eigenvalue weighted by atomic mass is 16.2. The quantitative estimate of drug-likeness (QED) is 0.821. The lowest BCUT2D eigenvalue weighted by molar-refractivity contribution is -0.121. The molecule has 0 spiro atoms. The van der Waals surface area contributed by atoms with Crippen LogP contribution in [0.2, 0.25) is 0 Å². The monoisotopic (exact) mass is 319 g/mol. The number of aromatic nitrogens is 2. The number of nitrogens with one attached hydrogen (secondary N) is 2. The van der Waals surface area contributed by atoms with E-state index in [2.05, 4.69) is 25.5 Å². The Morgan fingerprint density at radius 3 is 2.43 bits per heavy atom. The number of nitrogens with zero attached hydrogens (tertiary/aromatic N) is 3. The number of likely N-dealkylation sites (tertiary alicyclic amines) is 1. The lowest BCUT2D eigenvalue weighted by atomic mass is 10.1. The predicted octanol–water partition coefficient (Wildman–Crippen LogP) is 0.422. The van der Waals surface area contributed by atoms with Crippen LogP contribution in [-0.2, 0) is 4.79 Å². The SMILES string of the molecule is CNC(=O)C[C@H]1CC[C@@H](CNC(=O)c2c(C)ncnc2C)N1C. The highest BCUT2D eigenvalue weighted by Crippen LogP contribution is 2.24. The van der Waals surface area contributed by atoms with E-state index in [0.29, 0.717) is 29.9 Å². The second-order valence-electron chi connectivity index (χ2n) is 6.06. The first-order chi connectivity index (χ1) is 10.9. The van der Waals surface area contributed by atoms with Gasteiger partial charge < -0.3 is 10.6 Å². The average Bonchev–Trinajstić information content (AvgIpc) is 2.85. The van der Waals surface area contributed by atoms with Gasteiger partial charge in [0.1, 0.15) is 6.33 Å². The summed E-state index contributed by atoms with van der Waals surface area (Å²) in [6.45, 7) is 4.18. The smallest absolute Gasteiger partial charge is 0.255 e. The number of amides is 2. The van der Waals surface area contributed by atoms with Gasteiger partial charge in [0, 0.05) is 32.1 Å². The van der Waals surface area contributed by atoms with Crippen molar-refractivity contribution in [2.75, 3.05) is 20.6 Å². The van der Waals surface area contributed by atoms with Crippen LogP contribution in [0.5, 0.6) is 0 Å². The Labute approximate surface area is 136 Å². The molecule has 7 nitrogen and oxygen atoms in total. The van der Waals surface area contributed by atoms with E-state index < -0.39 is 0 Å². The summed E-state index contributed by atoms with van der Waals surface area (Å²) in [5.74, 6) is -0.0806. The second kappa shape index (κ2) is 7.50. The normalized spacial score (nSPS) is 21.2. The van der Waals surface area contributed by atoms with Crippen molar-refractivity contribution in [2.24, 2.45) is 0 Å². The van der Waals surface area contributed by atoms with Crippen LogP contribution in [0.15, 0.2) is 6.33 Å². The highest BCUT2D eigenvalue weighted by molar-refractivity contribution is 5.96. The van der Waals surface area contributed by atoms with Crippen molar-refractivity contribution in [3.8, 4) is 0 Å². The summed E-state index contributed by atoms with van der Waals surface area (Å²) in [6, 6.07) is 0.485. The molecule has 0 aliphatic carbocycles. The Hall–Kier alpha value is -2.02. The number of rotatable bonds is 5. The minimum atomic E-state index is -0.135. The molecule has 1 fully saturated rings. The van der Waals surface area contributed by atoms with Crippen LogP contribution in [0, 0.1) is 13.8 Å². The first kappa shape index (κ1) is 17.3. The Morgan fingerprint density at radius 1 is 1.22 bits per heavy atom. The fourth-order valence-electron chi connectivity index (χ4n) is 3.12. The van der Waals surface area contributed by atoms with Crippen molar-refractivity contribution in [2.45, 2.75) is 45.2 Å². The maximum atomic E-state index is 12.4. The molecular weight excluding hydrogens is 294 g/mol. The summed E-state index contributed by atoms with van der Waals surface area (Å²) in [5.41, 5.74) is 1.93. The molecule has 1 aromatic rings. The molecule has 2 amide bonds. The molecule has 0 radical (unpaired) electrons. The van der Waals surface area contributed by atoms with Gasteiger partial charge in [-0.2, -0.15) is 0 Å². The van der Waals surface area contributed by atoms with Gasteiger partial charge in [-0.15, -0.1) is 0 Å². The largest absolute Gasteiger partial charge is 0.359 e. The van der Waals surface area contributed by atoms with Crippen LogP contribution < -0.4 is 10.6 Å². The molecule has 0 unspecified atom stereocenters. The number of hydrogen-bond acceptors (Lipinski definition) is 5. The molecular formula is C16H25N5O2. The van der Waals surface area contributed by atoms with Gasteiger partial charge in [0.05, 0.1) is 17.0 Å². The summed E-state index contributed by atoms with van der Waals surface area (Å²) < 4.78 is 0. The van der Waals surface area contributed by atoms with Crippen LogP contribution in [-0.4, -0.2) is 59.4 Å². The summed E-state index contributed by atoms with van der Waals surface area (Å²) in [5, 5.41) is 5.64. The standard InChI is InChI=1S/C16H25N5O2/c1-10-15(11(2)20-9-19-10)16(23)18-8-13-6-5-12(21(13)4)7-14(22)17-3/h9,12-13H,5-8H2,1-4H3,(H,17,22)(H,18,23)/t12-,13+/m1/s1. The lowest BCUT2D eigenvalue weighted by Gasteiger charge is -2.25. The second-order valence-corrected chi connectivity index (χ2v) is 6.06. The molecule has 126 valence electrons. The molecule has 0 bridgehead atoms. The Bertz CT molecular complexity index is 570. The molecule has 2 heterocycles.